The van der Waals surface area contributed by atoms with Gasteiger partial charge in [-0.05, 0) is 48.9 Å². The van der Waals surface area contributed by atoms with E-state index in [9.17, 15) is 4.79 Å². The molecule has 3 aromatic rings. The lowest BCUT2D eigenvalue weighted by molar-refractivity contribution is 0.104. The Kier molecular flexibility index (Phi) is 4.98. The molecule has 0 spiro atoms. The van der Waals surface area contributed by atoms with Gasteiger partial charge in [-0.25, -0.2) is 0 Å². The number of methoxy groups -OCH3 is 3. The van der Waals surface area contributed by atoms with E-state index >= 15 is 0 Å². The van der Waals surface area contributed by atoms with Gasteiger partial charge in [0.1, 0.15) is 0 Å². The number of nitrogens with one attached hydrogen (secondary N) is 1. The summed E-state index contributed by atoms with van der Waals surface area (Å²) >= 11 is 0. The molecule has 134 valence electrons. The van der Waals surface area contributed by atoms with E-state index in [-0.39, 0.29) is 5.78 Å². The predicted octanol–water partition coefficient (Wildman–Crippen LogP) is 4.40. The van der Waals surface area contributed by atoms with Gasteiger partial charge in [0.25, 0.3) is 0 Å². The molecule has 0 aliphatic rings. The molecule has 1 aromatic heterocycles. The third-order valence-corrected chi connectivity index (χ3v) is 4.23. The van der Waals surface area contributed by atoms with Crippen LogP contribution in [0.15, 0.2) is 42.6 Å². The number of hydrogen-bond donors (Lipinski definition) is 1. The second-order valence-corrected chi connectivity index (χ2v) is 5.90. The van der Waals surface area contributed by atoms with Crippen LogP contribution < -0.4 is 14.2 Å². The molecular weight excluding hydrogens is 330 g/mol. The standard InChI is InChI=1S/C21H21NO4/c1-13-5-7-17-16(9-13)14(12-22-17)6-8-18(23)15-10-19(24-2)21(26-4)20(11-15)25-3/h5-12,22H,1-4H3/b8-6+. The number of H-pyrrole nitrogens is 1. The Morgan fingerprint density at radius 3 is 2.31 bits per heavy atom. The predicted molar refractivity (Wildman–Crippen MR) is 102 cm³/mol. The molecule has 1 heterocycles. The molecule has 0 saturated carbocycles. The molecule has 1 N–H and O–H groups in total. The van der Waals surface area contributed by atoms with Crippen LogP contribution in [0.4, 0.5) is 0 Å². The number of carbonyl (C=O) groups excluding carboxylic acids is 1. The molecule has 0 unspecified atom stereocenters. The van der Waals surface area contributed by atoms with Crippen LogP contribution in [0, 0.1) is 6.92 Å². The molecule has 3 rings (SSSR count). The van der Waals surface area contributed by atoms with E-state index in [1.807, 2.05) is 31.3 Å². The van der Waals surface area contributed by atoms with E-state index in [1.54, 1.807) is 18.2 Å². The lowest BCUT2D eigenvalue weighted by Gasteiger charge is -2.13. The minimum absolute atomic E-state index is 0.147. The van der Waals surface area contributed by atoms with Crippen molar-refractivity contribution >= 4 is 22.8 Å². The summed E-state index contributed by atoms with van der Waals surface area (Å²) in [7, 11) is 4.58. The van der Waals surface area contributed by atoms with Gasteiger partial charge in [0.2, 0.25) is 5.75 Å². The van der Waals surface area contributed by atoms with E-state index in [1.165, 1.54) is 26.9 Å². The fourth-order valence-corrected chi connectivity index (χ4v) is 2.88. The van der Waals surface area contributed by atoms with Crippen molar-refractivity contribution in [3.63, 3.8) is 0 Å². The number of ketones is 1. The van der Waals surface area contributed by atoms with Crippen molar-refractivity contribution < 1.29 is 19.0 Å². The van der Waals surface area contributed by atoms with Gasteiger partial charge < -0.3 is 19.2 Å². The van der Waals surface area contributed by atoms with Gasteiger partial charge in [-0.15, -0.1) is 0 Å². The summed E-state index contributed by atoms with van der Waals surface area (Å²) in [4.78, 5) is 15.8. The molecular formula is C21H21NO4. The van der Waals surface area contributed by atoms with Gasteiger partial charge in [0.05, 0.1) is 21.3 Å². The number of aromatic amines is 1. The summed E-state index contributed by atoms with van der Waals surface area (Å²) in [6, 6.07) is 9.46. The van der Waals surface area contributed by atoms with Crippen molar-refractivity contribution in [1.29, 1.82) is 0 Å². The van der Waals surface area contributed by atoms with E-state index in [4.69, 9.17) is 14.2 Å². The average Bonchev–Trinajstić information content (AvgIpc) is 3.06. The lowest BCUT2D eigenvalue weighted by atomic mass is 10.1. The van der Waals surface area contributed by atoms with E-state index in [2.05, 4.69) is 11.1 Å². The summed E-state index contributed by atoms with van der Waals surface area (Å²) < 4.78 is 15.9. The summed E-state index contributed by atoms with van der Waals surface area (Å²) in [5.41, 5.74) is 3.63. The van der Waals surface area contributed by atoms with E-state index in [0.717, 1.165) is 16.5 Å². The van der Waals surface area contributed by atoms with Crippen LogP contribution in [-0.2, 0) is 0 Å². The van der Waals surface area contributed by atoms with Crippen LogP contribution >= 0.6 is 0 Å². The third-order valence-electron chi connectivity index (χ3n) is 4.23. The van der Waals surface area contributed by atoms with Crippen molar-refractivity contribution in [2.75, 3.05) is 21.3 Å². The number of rotatable bonds is 6. The van der Waals surface area contributed by atoms with Crippen LogP contribution in [0.1, 0.15) is 21.5 Å². The molecule has 26 heavy (non-hydrogen) atoms. The molecule has 0 saturated heterocycles. The van der Waals surface area contributed by atoms with Gasteiger partial charge in [-0.1, -0.05) is 11.6 Å². The highest BCUT2D eigenvalue weighted by Crippen LogP contribution is 2.38. The molecule has 0 atom stereocenters. The first-order chi connectivity index (χ1) is 12.6. The molecule has 0 fully saturated rings. The van der Waals surface area contributed by atoms with Crippen molar-refractivity contribution in [2.45, 2.75) is 6.92 Å². The normalized spacial score (nSPS) is 11.1. The number of allylic oxidation sites excluding steroid dienone is 1. The lowest BCUT2D eigenvalue weighted by Crippen LogP contribution is -2.00. The van der Waals surface area contributed by atoms with Crippen LogP contribution in [-0.4, -0.2) is 32.1 Å². The second kappa shape index (κ2) is 7.35. The number of ether oxygens (including phenoxy) is 3. The SMILES string of the molecule is COc1cc(C(=O)/C=C/c2c[nH]c3ccc(C)cc23)cc(OC)c1OC. The van der Waals surface area contributed by atoms with E-state index in [0.29, 0.717) is 22.8 Å². The fourth-order valence-electron chi connectivity index (χ4n) is 2.88. The fraction of sp³-hybridized carbons (Fsp3) is 0.190. The van der Waals surface area contributed by atoms with Gasteiger partial charge in [0, 0.05) is 22.7 Å². The Balaban J connectivity index is 1.94. The second-order valence-electron chi connectivity index (χ2n) is 5.90. The number of carbonyl (C=O) groups is 1. The molecule has 0 radical (unpaired) electrons. The quantitative estimate of drug-likeness (QED) is 0.528. The summed E-state index contributed by atoms with van der Waals surface area (Å²) in [5.74, 6) is 1.21. The highest BCUT2D eigenvalue weighted by molar-refractivity contribution is 6.08. The minimum Gasteiger partial charge on any atom is -0.493 e. The Morgan fingerprint density at radius 1 is 1.00 bits per heavy atom. The zero-order chi connectivity index (χ0) is 18.7. The number of fused-ring (bicyclic) bond motifs is 1. The summed E-state index contributed by atoms with van der Waals surface area (Å²) in [6.07, 6.45) is 5.25. The van der Waals surface area contributed by atoms with Crippen LogP contribution in [0.5, 0.6) is 17.2 Å². The smallest absolute Gasteiger partial charge is 0.203 e. The van der Waals surface area contributed by atoms with Crippen molar-refractivity contribution in [3.8, 4) is 17.2 Å². The Labute approximate surface area is 152 Å². The maximum Gasteiger partial charge on any atom is 0.203 e. The van der Waals surface area contributed by atoms with E-state index < -0.39 is 0 Å². The number of benzene rings is 2. The molecule has 2 aromatic carbocycles. The molecule has 0 amide bonds. The van der Waals surface area contributed by atoms with Gasteiger partial charge in [-0.3, -0.25) is 4.79 Å². The molecule has 0 bridgehead atoms. The monoisotopic (exact) mass is 351 g/mol. The zero-order valence-electron chi connectivity index (χ0n) is 15.3. The first-order valence-electron chi connectivity index (χ1n) is 8.17. The first kappa shape index (κ1) is 17.6. The summed E-state index contributed by atoms with van der Waals surface area (Å²) in [6.45, 7) is 2.04. The minimum atomic E-state index is -0.147. The molecule has 0 aliphatic carbocycles. The number of hydrogen-bond acceptors (Lipinski definition) is 4. The molecule has 5 nitrogen and oxygen atoms in total. The van der Waals surface area contributed by atoms with Crippen molar-refractivity contribution in [3.05, 3.63) is 59.3 Å². The average molecular weight is 351 g/mol. The van der Waals surface area contributed by atoms with Gasteiger partial charge in [-0.2, -0.15) is 0 Å². The third kappa shape index (κ3) is 3.28. The highest BCUT2D eigenvalue weighted by Gasteiger charge is 2.15. The largest absolute Gasteiger partial charge is 0.493 e. The maximum atomic E-state index is 12.6. The van der Waals surface area contributed by atoms with Crippen molar-refractivity contribution in [2.24, 2.45) is 0 Å². The number of aromatic nitrogens is 1. The highest BCUT2D eigenvalue weighted by atomic mass is 16.5. The van der Waals surface area contributed by atoms with Crippen molar-refractivity contribution in [1.82, 2.24) is 4.98 Å². The number of aryl methyl sites for hydroxylation is 1. The van der Waals surface area contributed by atoms with Crippen LogP contribution in [0.25, 0.3) is 17.0 Å². The first-order valence-corrected chi connectivity index (χ1v) is 8.17. The topological polar surface area (TPSA) is 60.6 Å². The van der Waals surface area contributed by atoms with Gasteiger partial charge >= 0.3 is 0 Å². The molecule has 0 aliphatic heterocycles. The Hall–Kier alpha value is -3.21. The maximum absolute atomic E-state index is 12.6. The zero-order valence-corrected chi connectivity index (χ0v) is 15.3. The Bertz CT molecular complexity index is 960. The van der Waals surface area contributed by atoms with Gasteiger partial charge in [0.15, 0.2) is 17.3 Å². The Morgan fingerprint density at radius 2 is 1.69 bits per heavy atom. The van der Waals surface area contributed by atoms with Crippen LogP contribution in [0.2, 0.25) is 0 Å². The van der Waals surface area contributed by atoms with Crippen LogP contribution in [0.3, 0.4) is 0 Å². The summed E-state index contributed by atoms with van der Waals surface area (Å²) in [5, 5.41) is 1.08. The molecule has 5 heteroatoms.